The van der Waals surface area contributed by atoms with Gasteiger partial charge in [-0.1, -0.05) is 12.1 Å². The van der Waals surface area contributed by atoms with E-state index >= 15 is 0 Å². The molecule has 0 aliphatic carbocycles. The largest absolute Gasteiger partial charge is 0.449 e. The van der Waals surface area contributed by atoms with Gasteiger partial charge in [-0.05, 0) is 17.7 Å². The maximum atomic E-state index is 12.8. The van der Waals surface area contributed by atoms with Gasteiger partial charge in [-0.25, -0.2) is 9.18 Å². The van der Waals surface area contributed by atoms with E-state index in [0.29, 0.717) is 13.2 Å². The number of carbonyl (C=O) groups is 1. The molecule has 1 fully saturated rings. The highest BCUT2D eigenvalue weighted by molar-refractivity contribution is 5.68. The molecule has 1 aromatic rings. The van der Waals surface area contributed by atoms with Crippen LogP contribution in [-0.2, 0) is 4.74 Å². The first-order valence-corrected chi connectivity index (χ1v) is 5.48. The molecule has 5 heteroatoms. The van der Waals surface area contributed by atoms with Crippen LogP contribution in [0.1, 0.15) is 11.5 Å². The normalized spacial score (nSPS) is 20.2. The predicted molar refractivity (Wildman–Crippen MR) is 59.1 cm³/mol. The van der Waals surface area contributed by atoms with E-state index in [-0.39, 0.29) is 24.9 Å². The molecule has 2 rings (SSSR count). The number of aliphatic hydroxyl groups is 1. The van der Waals surface area contributed by atoms with Gasteiger partial charge in [0.15, 0.2) is 0 Å². The Hall–Kier alpha value is -1.62. The Labute approximate surface area is 98.6 Å². The minimum absolute atomic E-state index is 0.0276. The van der Waals surface area contributed by atoms with Crippen molar-refractivity contribution in [2.75, 3.05) is 26.3 Å². The number of rotatable bonds is 3. The van der Waals surface area contributed by atoms with E-state index in [1.807, 2.05) is 0 Å². The van der Waals surface area contributed by atoms with E-state index in [0.717, 1.165) is 5.56 Å². The standard InChI is InChI=1S/C12H14FNO3/c13-11-3-1-9(2-4-11)10-7-14(5-6-15)12(16)17-8-10/h1-4,10,15H,5-8H2. The highest BCUT2D eigenvalue weighted by atomic mass is 19.1. The number of cyclic esters (lactones) is 1. The topological polar surface area (TPSA) is 49.8 Å². The van der Waals surface area contributed by atoms with Crippen molar-refractivity contribution in [3.8, 4) is 0 Å². The smallest absolute Gasteiger partial charge is 0.409 e. The van der Waals surface area contributed by atoms with E-state index in [1.54, 1.807) is 12.1 Å². The van der Waals surface area contributed by atoms with Crippen molar-refractivity contribution in [3.05, 3.63) is 35.6 Å². The molecule has 1 N–H and O–H groups in total. The first-order valence-electron chi connectivity index (χ1n) is 5.48. The molecule has 0 radical (unpaired) electrons. The maximum Gasteiger partial charge on any atom is 0.409 e. The van der Waals surface area contributed by atoms with Crippen LogP contribution in [0.2, 0.25) is 0 Å². The zero-order valence-electron chi connectivity index (χ0n) is 9.30. The maximum absolute atomic E-state index is 12.8. The second-order valence-electron chi connectivity index (χ2n) is 4.00. The van der Waals surface area contributed by atoms with Gasteiger partial charge in [0.1, 0.15) is 12.4 Å². The highest BCUT2D eigenvalue weighted by Crippen LogP contribution is 2.22. The lowest BCUT2D eigenvalue weighted by Crippen LogP contribution is -2.43. The van der Waals surface area contributed by atoms with Crippen LogP contribution in [0.3, 0.4) is 0 Å². The van der Waals surface area contributed by atoms with Gasteiger partial charge in [0, 0.05) is 19.0 Å². The first-order chi connectivity index (χ1) is 8.20. The van der Waals surface area contributed by atoms with Crippen LogP contribution < -0.4 is 0 Å². The summed E-state index contributed by atoms with van der Waals surface area (Å²) in [6.07, 6.45) is -0.405. The highest BCUT2D eigenvalue weighted by Gasteiger charge is 2.27. The Balaban J connectivity index is 2.07. The number of benzene rings is 1. The Morgan fingerprint density at radius 2 is 2.12 bits per heavy atom. The monoisotopic (exact) mass is 239 g/mol. The van der Waals surface area contributed by atoms with Gasteiger partial charge in [0.2, 0.25) is 0 Å². The van der Waals surface area contributed by atoms with Crippen molar-refractivity contribution in [2.45, 2.75) is 5.92 Å². The van der Waals surface area contributed by atoms with Crippen LogP contribution in [0.5, 0.6) is 0 Å². The lowest BCUT2D eigenvalue weighted by Gasteiger charge is -2.31. The average molecular weight is 239 g/mol. The molecule has 1 aromatic carbocycles. The summed E-state index contributed by atoms with van der Waals surface area (Å²) in [5.74, 6) is -0.256. The molecule has 1 heterocycles. The van der Waals surface area contributed by atoms with Crippen LogP contribution in [0.4, 0.5) is 9.18 Å². The minimum atomic E-state index is -0.405. The minimum Gasteiger partial charge on any atom is -0.449 e. The number of hydrogen-bond donors (Lipinski definition) is 1. The number of halogens is 1. The van der Waals surface area contributed by atoms with Gasteiger partial charge < -0.3 is 14.7 Å². The number of ether oxygens (including phenoxy) is 1. The number of β-amino-alcohol motifs (C(OH)–C–C–N with tert-alkyl or cyclic N) is 1. The number of hydrogen-bond acceptors (Lipinski definition) is 3. The molecule has 1 aliphatic rings. The molecule has 0 bridgehead atoms. The SMILES string of the molecule is O=C1OCC(c2ccc(F)cc2)CN1CCO. The summed E-state index contributed by atoms with van der Waals surface area (Å²) in [6, 6.07) is 6.16. The number of carbonyl (C=O) groups excluding carboxylic acids is 1. The number of nitrogens with zero attached hydrogens (tertiary/aromatic N) is 1. The molecule has 17 heavy (non-hydrogen) atoms. The Kier molecular flexibility index (Phi) is 3.58. The summed E-state index contributed by atoms with van der Waals surface area (Å²) >= 11 is 0. The quantitative estimate of drug-likeness (QED) is 0.866. The molecular weight excluding hydrogens is 225 g/mol. The second kappa shape index (κ2) is 5.14. The predicted octanol–water partition coefficient (Wildman–Crippen LogP) is 1.35. The third-order valence-electron chi connectivity index (χ3n) is 2.82. The molecule has 92 valence electrons. The summed E-state index contributed by atoms with van der Waals surface area (Å²) in [7, 11) is 0. The molecule has 1 amide bonds. The van der Waals surface area contributed by atoms with Gasteiger partial charge in [-0.15, -0.1) is 0 Å². The van der Waals surface area contributed by atoms with Crippen molar-refractivity contribution in [2.24, 2.45) is 0 Å². The van der Waals surface area contributed by atoms with Gasteiger partial charge >= 0.3 is 6.09 Å². The van der Waals surface area contributed by atoms with Crippen molar-refractivity contribution in [1.29, 1.82) is 0 Å². The van der Waals surface area contributed by atoms with Crippen molar-refractivity contribution < 1.29 is 19.0 Å². The van der Waals surface area contributed by atoms with Crippen molar-refractivity contribution in [3.63, 3.8) is 0 Å². The van der Waals surface area contributed by atoms with E-state index in [4.69, 9.17) is 9.84 Å². The third-order valence-corrected chi connectivity index (χ3v) is 2.82. The molecular formula is C12H14FNO3. The molecule has 1 unspecified atom stereocenters. The van der Waals surface area contributed by atoms with Crippen molar-refractivity contribution in [1.82, 2.24) is 4.90 Å². The van der Waals surface area contributed by atoms with Crippen LogP contribution in [0, 0.1) is 5.82 Å². The van der Waals surface area contributed by atoms with E-state index in [1.165, 1.54) is 17.0 Å². The zero-order chi connectivity index (χ0) is 12.3. The zero-order valence-corrected chi connectivity index (χ0v) is 9.30. The molecule has 4 nitrogen and oxygen atoms in total. The van der Waals surface area contributed by atoms with E-state index < -0.39 is 6.09 Å². The fraction of sp³-hybridized carbons (Fsp3) is 0.417. The van der Waals surface area contributed by atoms with E-state index in [2.05, 4.69) is 0 Å². The molecule has 0 aromatic heterocycles. The summed E-state index contributed by atoms with van der Waals surface area (Å²) < 4.78 is 17.8. The molecule has 1 aliphatic heterocycles. The van der Waals surface area contributed by atoms with Gasteiger partial charge in [0.05, 0.1) is 6.61 Å². The Morgan fingerprint density at radius 3 is 2.76 bits per heavy atom. The Bertz CT molecular complexity index is 393. The molecule has 0 spiro atoms. The average Bonchev–Trinajstić information content (AvgIpc) is 2.33. The fourth-order valence-corrected chi connectivity index (χ4v) is 1.90. The first kappa shape index (κ1) is 11.9. The van der Waals surface area contributed by atoms with Crippen LogP contribution in [-0.4, -0.2) is 42.4 Å². The summed E-state index contributed by atoms with van der Waals surface area (Å²) in [4.78, 5) is 12.8. The third kappa shape index (κ3) is 2.74. The number of aliphatic hydroxyl groups excluding tert-OH is 1. The van der Waals surface area contributed by atoms with Gasteiger partial charge in [-0.3, -0.25) is 0 Å². The van der Waals surface area contributed by atoms with Gasteiger partial charge in [0.25, 0.3) is 0 Å². The van der Waals surface area contributed by atoms with Crippen LogP contribution in [0.25, 0.3) is 0 Å². The van der Waals surface area contributed by atoms with E-state index in [9.17, 15) is 9.18 Å². The molecule has 0 saturated carbocycles. The summed E-state index contributed by atoms with van der Waals surface area (Å²) in [6.45, 7) is 0.958. The lowest BCUT2D eigenvalue weighted by molar-refractivity contribution is 0.0547. The van der Waals surface area contributed by atoms with Crippen LogP contribution in [0.15, 0.2) is 24.3 Å². The summed E-state index contributed by atoms with van der Waals surface area (Å²) in [5.41, 5.74) is 0.932. The second-order valence-corrected chi connectivity index (χ2v) is 4.00. The molecule has 1 saturated heterocycles. The molecule has 1 atom stereocenters. The fourth-order valence-electron chi connectivity index (χ4n) is 1.90. The number of amides is 1. The summed E-state index contributed by atoms with van der Waals surface area (Å²) in [5, 5.41) is 8.83. The van der Waals surface area contributed by atoms with Crippen molar-refractivity contribution >= 4 is 6.09 Å². The van der Waals surface area contributed by atoms with Crippen LogP contribution >= 0.6 is 0 Å². The lowest BCUT2D eigenvalue weighted by atomic mass is 9.98. The van der Waals surface area contributed by atoms with Gasteiger partial charge in [-0.2, -0.15) is 0 Å². The Morgan fingerprint density at radius 1 is 1.41 bits per heavy atom.